The molecule has 3 rings (SSSR count). The fourth-order valence-corrected chi connectivity index (χ4v) is 6.02. The van der Waals surface area contributed by atoms with Gasteiger partial charge in [0.2, 0.25) is 0 Å². The molecule has 20 heavy (non-hydrogen) atoms. The van der Waals surface area contributed by atoms with Gasteiger partial charge >= 0.3 is 0 Å². The minimum absolute atomic E-state index is 0.120. The predicted molar refractivity (Wildman–Crippen MR) is 84.6 cm³/mol. The van der Waals surface area contributed by atoms with Gasteiger partial charge in [0.25, 0.3) is 0 Å². The zero-order valence-corrected chi connectivity index (χ0v) is 14.1. The molecule has 0 amide bonds. The van der Waals surface area contributed by atoms with Crippen LogP contribution in [0.4, 0.5) is 5.69 Å². The Bertz CT molecular complexity index is 766. The summed E-state index contributed by atoms with van der Waals surface area (Å²) in [7, 11) is -2.97. The molecule has 0 saturated carbocycles. The van der Waals surface area contributed by atoms with Crippen LogP contribution in [0.3, 0.4) is 0 Å². The zero-order chi connectivity index (χ0) is 14.5. The molecule has 2 aromatic heterocycles. The average molecular weight is 376 g/mol. The van der Waals surface area contributed by atoms with Crippen LogP contribution in [0.15, 0.2) is 22.1 Å². The van der Waals surface area contributed by atoms with Crippen LogP contribution in [0, 0.1) is 0 Å². The van der Waals surface area contributed by atoms with Crippen LogP contribution >= 0.6 is 27.3 Å². The Morgan fingerprint density at radius 1 is 1.55 bits per heavy atom. The molecule has 8 heteroatoms. The Hall–Kier alpha value is -0.860. The van der Waals surface area contributed by atoms with Crippen molar-refractivity contribution in [1.29, 1.82) is 0 Å². The highest BCUT2D eigenvalue weighted by molar-refractivity contribution is 9.10. The molecular weight excluding hydrogens is 362 g/mol. The number of nitrogens with two attached hydrogens (primary N) is 1. The third-order valence-electron chi connectivity index (χ3n) is 3.58. The van der Waals surface area contributed by atoms with Crippen LogP contribution in [-0.2, 0) is 15.4 Å². The van der Waals surface area contributed by atoms with Gasteiger partial charge in [-0.3, -0.25) is 4.68 Å². The fourth-order valence-electron chi connectivity index (χ4n) is 2.47. The fraction of sp³-hybridized carbons (Fsp3) is 0.417. The number of hydrogen-bond donors (Lipinski definition) is 1. The van der Waals surface area contributed by atoms with Crippen molar-refractivity contribution in [3.63, 3.8) is 0 Å². The van der Waals surface area contributed by atoms with E-state index >= 15 is 0 Å². The van der Waals surface area contributed by atoms with Crippen molar-refractivity contribution in [2.75, 3.05) is 17.2 Å². The molecule has 0 aliphatic carbocycles. The lowest BCUT2D eigenvalue weighted by Crippen LogP contribution is -2.31. The van der Waals surface area contributed by atoms with Gasteiger partial charge in [-0.25, -0.2) is 8.42 Å². The summed E-state index contributed by atoms with van der Waals surface area (Å²) in [6, 6.07) is 1.96. The highest BCUT2D eigenvalue weighted by atomic mass is 79.9. The molecule has 2 N–H and O–H groups in total. The minimum Gasteiger partial charge on any atom is -0.396 e. The first-order chi connectivity index (χ1) is 9.29. The third-order valence-corrected chi connectivity index (χ3v) is 7.16. The van der Waals surface area contributed by atoms with Gasteiger partial charge in [0.05, 0.1) is 27.6 Å². The summed E-state index contributed by atoms with van der Waals surface area (Å²) >= 11 is 4.96. The first-order valence-corrected chi connectivity index (χ1v) is 9.59. The maximum absolute atomic E-state index is 11.7. The summed E-state index contributed by atoms with van der Waals surface area (Å²) in [6.07, 6.45) is 2.31. The van der Waals surface area contributed by atoms with Gasteiger partial charge in [0.15, 0.2) is 9.84 Å². The second-order valence-electron chi connectivity index (χ2n) is 5.35. The molecule has 2 aromatic rings. The summed E-state index contributed by atoms with van der Waals surface area (Å²) in [5, 5.41) is 6.50. The topological polar surface area (TPSA) is 78.0 Å². The Labute approximate surface area is 129 Å². The highest BCUT2D eigenvalue weighted by Crippen LogP contribution is 2.36. The maximum Gasteiger partial charge on any atom is 0.152 e. The molecule has 0 bridgehead atoms. The molecule has 1 aliphatic heterocycles. The van der Waals surface area contributed by atoms with E-state index in [0.29, 0.717) is 17.8 Å². The van der Waals surface area contributed by atoms with E-state index in [1.165, 1.54) is 0 Å². The Morgan fingerprint density at radius 2 is 2.30 bits per heavy atom. The Kier molecular flexibility index (Phi) is 3.22. The van der Waals surface area contributed by atoms with Gasteiger partial charge in [-0.2, -0.15) is 5.10 Å². The number of nitrogens with zero attached hydrogens (tertiary/aromatic N) is 2. The van der Waals surface area contributed by atoms with E-state index in [9.17, 15) is 8.42 Å². The first kappa shape index (κ1) is 14.1. The molecule has 0 aromatic carbocycles. The number of nitrogen functional groups attached to an aromatic ring is 1. The van der Waals surface area contributed by atoms with Crippen LogP contribution in [0.5, 0.6) is 0 Å². The molecule has 1 saturated heterocycles. The van der Waals surface area contributed by atoms with Crippen LogP contribution in [0.2, 0.25) is 0 Å². The van der Waals surface area contributed by atoms with E-state index in [0.717, 1.165) is 9.35 Å². The van der Waals surface area contributed by atoms with E-state index in [-0.39, 0.29) is 11.5 Å². The van der Waals surface area contributed by atoms with Crippen molar-refractivity contribution in [1.82, 2.24) is 9.78 Å². The lowest BCUT2D eigenvalue weighted by molar-refractivity contribution is 0.329. The molecule has 1 atom stereocenters. The number of rotatable bonds is 2. The largest absolute Gasteiger partial charge is 0.396 e. The average Bonchev–Trinajstić information content (AvgIpc) is 2.99. The molecule has 0 spiro atoms. The van der Waals surface area contributed by atoms with E-state index in [2.05, 4.69) is 21.0 Å². The van der Waals surface area contributed by atoms with E-state index in [4.69, 9.17) is 5.73 Å². The Balaban J connectivity index is 2.01. The van der Waals surface area contributed by atoms with Gasteiger partial charge in [-0.1, -0.05) is 0 Å². The highest BCUT2D eigenvalue weighted by Gasteiger charge is 2.41. The summed E-state index contributed by atoms with van der Waals surface area (Å²) in [5.74, 6) is 0.331. The second kappa shape index (κ2) is 4.57. The molecule has 0 radical (unpaired) electrons. The molecule has 5 nitrogen and oxygen atoms in total. The molecule has 1 aliphatic rings. The monoisotopic (exact) mass is 375 g/mol. The van der Waals surface area contributed by atoms with Crippen LogP contribution in [-0.4, -0.2) is 29.7 Å². The van der Waals surface area contributed by atoms with E-state index in [1.807, 2.05) is 18.4 Å². The van der Waals surface area contributed by atoms with Gasteiger partial charge in [-0.05, 0) is 35.3 Å². The van der Waals surface area contributed by atoms with Gasteiger partial charge < -0.3 is 5.73 Å². The zero-order valence-electron chi connectivity index (χ0n) is 10.8. The lowest BCUT2D eigenvalue weighted by Gasteiger charge is -2.22. The van der Waals surface area contributed by atoms with Crippen molar-refractivity contribution in [2.45, 2.75) is 18.9 Å². The smallest absolute Gasteiger partial charge is 0.152 e. The number of aromatic nitrogens is 2. The normalized spacial score (nSPS) is 25.1. The number of thiophene rings is 1. The minimum atomic E-state index is -2.97. The number of sulfone groups is 1. The number of halogens is 1. The predicted octanol–water partition coefficient (Wildman–Crippen LogP) is 2.49. The van der Waals surface area contributed by atoms with Crippen molar-refractivity contribution in [3.8, 4) is 10.6 Å². The van der Waals surface area contributed by atoms with Crippen molar-refractivity contribution >= 4 is 42.8 Å². The molecular formula is C12H14BrN3O2S2. The number of anilines is 1. The molecule has 1 fully saturated rings. The van der Waals surface area contributed by atoms with E-state index in [1.54, 1.807) is 22.2 Å². The molecule has 108 valence electrons. The first-order valence-electron chi connectivity index (χ1n) is 6.10. The quantitative estimate of drug-likeness (QED) is 0.874. The van der Waals surface area contributed by atoms with Crippen molar-refractivity contribution in [3.05, 3.63) is 22.1 Å². The van der Waals surface area contributed by atoms with Gasteiger partial charge in [0, 0.05) is 16.0 Å². The lowest BCUT2D eigenvalue weighted by atomic mass is 10.0. The van der Waals surface area contributed by atoms with Crippen molar-refractivity contribution in [2.24, 2.45) is 0 Å². The molecule has 3 heterocycles. The summed E-state index contributed by atoms with van der Waals surface area (Å²) in [5.41, 5.74) is 6.82. The third kappa shape index (κ3) is 2.40. The maximum atomic E-state index is 11.7. The van der Waals surface area contributed by atoms with Crippen molar-refractivity contribution < 1.29 is 8.42 Å². The van der Waals surface area contributed by atoms with Crippen LogP contribution in [0.25, 0.3) is 10.6 Å². The SMILES string of the molecule is CC1(n2cc(N)c(-c3cc(Br)cs3)n2)CCS(=O)(=O)C1. The summed E-state index contributed by atoms with van der Waals surface area (Å²) < 4.78 is 26.1. The second-order valence-corrected chi connectivity index (χ2v) is 9.36. The number of hydrogen-bond acceptors (Lipinski definition) is 5. The standard InChI is InChI=1S/C12H14BrN3O2S2/c1-12(2-3-20(17,18)7-12)16-5-9(14)11(15-16)10-4-8(13)6-19-10/h4-6H,2-3,7,14H2,1H3. The van der Waals surface area contributed by atoms with Crippen LogP contribution in [0.1, 0.15) is 13.3 Å². The Morgan fingerprint density at radius 3 is 2.85 bits per heavy atom. The van der Waals surface area contributed by atoms with E-state index < -0.39 is 15.4 Å². The molecule has 1 unspecified atom stereocenters. The van der Waals surface area contributed by atoms with Crippen LogP contribution < -0.4 is 5.73 Å². The van der Waals surface area contributed by atoms with Gasteiger partial charge in [0.1, 0.15) is 5.69 Å². The van der Waals surface area contributed by atoms with Gasteiger partial charge in [-0.15, -0.1) is 11.3 Å². The summed E-state index contributed by atoms with van der Waals surface area (Å²) in [4.78, 5) is 0.970. The summed E-state index contributed by atoms with van der Waals surface area (Å²) in [6.45, 7) is 1.91.